The summed E-state index contributed by atoms with van der Waals surface area (Å²) in [5.74, 6) is 0.0769. The quantitative estimate of drug-likeness (QED) is 0.475. The van der Waals surface area contributed by atoms with Gasteiger partial charge in [0.1, 0.15) is 5.76 Å². The van der Waals surface area contributed by atoms with Crippen molar-refractivity contribution >= 4 is 0 Å². The van der Waals surface area contributed by atoms with Crippen LogP contribution in [0.5, 0.6) is 0 Å². The number of rotatable bonds is 2. The molecule has 0 fully saturated rings. The van der Waals surface area contributed by atoms with Gasteiger partial charge in [-0.25, -0.2) is 0 Å². The molecule has 64 valence electrons. The van der Waals surface area contributed by atoms with Gasteiger partial charge in [-0.15, -0.1) is 0 Å². The molecule has 0 rings (SSSR count). The minimum Gasteiger partial charge on any atom is -0.508 e. The molecule has 0 atom stereocenters. The van der Waals surface area contributed by atoms with Gasteiger partial charge in [-0.3, -0.25) is 0 Å². The van der Waals surface area contributed by atoms with Crippen LogP contribution in [0.3, 0.4) is 0 Å². The highest BCUT2D eigenvalue weighted by Gasteiger charge is 1.86. The number of hydrogen-bond acceptors (Lipinski definition) is 2. The molecule has 0 spiro atoms. The van der Waals surface area contributed by atoms with Crippen LogP contribution in [0.25, 0.3) is 0 Å². The summed E-state index contributed by atoms with van der Waals surface area (Å²) in [6, 6.07) is 0. The molecule has 0 bridgehead atoms. The van der Waals surface area contributed by atoms with Crippen molar-refractivity contribution in [2.75, 3.05) is 0 Å². The Kier molecular flexibility index (Phi) is 10.0. The van der Waals surface area contributed by atoms with Crippen molar-refractivity contribution in [3.05, 3.63) is 36.3 Å². The van der Waals surface area contributed by atoms with Gasteiger partial charge in [0, 0.05) is 0 Å². The summed E-state index contributed by atoms with van der Waals surface area (Å²) in [5.41, 5.74) is 5.76. The topological polar surface area (TPSA) is 46.2 Å². The smallest absolute Gasteiger partial charge is 0.111 e. The van der Waals surface area contributed by atoms with Crippen molar-refractivity contribution < 1.29 is 5.11 Å². The van der Waals surface area contributed by atoms with Crippen LogP contribution in [0, 0.1) is 0 Å². The van der Waals surface area contributed by atoms with Crippen molar-refractivity contribution in [3.63, 3.8) is 0 Å². The van der Waals surface area contributed by atoms with Crippen molar-refractivity contribution in [1.82, 2.24) is 0 Å². The van der Waals surface area contributed by atoms with Gasteiger partial charge in [0.25, 0.3) is 0 Å². The average molecular weight is 155 g/mol. The maximum atomic E-state index is 8.71. The maximum Gasteiger partial charge on any atom is 0.111 e. The van der Waals surface area contributed by atoms with Gasteiger partial charge in [-0.2, -0.15) is 0 Å². The third-order valence-corrected chi connectivity index (χ3v) is 0.913. The summed E-state index contributed by atoms with van der Waals surface area (Å²) in [6.07, 6.45) is 4.71. The molecular weight excluding hydrogens is 138 g/mol. The largest absolute Gasteiger partial charge is 0.508 e. The maximum absolute atomic E-state index is 8.71. The molecule has 11 heavy (non-hydrogen) atoms. The molecule has 0 saturated carbocycles. The molecule has 2 nitrogen and oxygen atoms in total. The first kappa shape index (κ1) is 12.5. The normalized spacial score (nSPS) is 10.6. The van der Waals surface area contributed by atoms with E-state index in [0.29, 0.717) is 0 Å². The molecule has 0 amide bonds. The monoisotopic (exact) mass is 155 g/mol. The fraction of sp³-hybridized carbons (Fsp3) is 0.333. The molecule has 2 heteroatoms. The van der Waals surface area contributed by atoms with Crippen LogP contribution in [-0.2, 0) is 0 Å². The van der Waals surface area contributed by atoms with Crippen LogP contribution >= 0.6 is 0 Å². The van der Waals surface area contributed by atoms with E-state index in [1.165, 1.54) is 6.20 Å². The molecule has 0 aliphatic rings. The fourth-order valence-electron chi connectivity index (χ4n) is 0.296. The third kappa shape index (κ3) is 8.82. The first-order chi connectivity index (χ1) is 5.18. The summed E-state index contributed by atoms with van der Waals surface area (Å²) in [5, 5.41) is 8.71. The van der Waals surface area contributed by atoms with Crippen LogP contribution in [-0.4, -0.2) is 5.11 Å². The Morgan fingerprint density at radius 1 is 1.45 bits per heavy atom. The molecule has 3 N–H and O–H groups in total. The van der Waals surface area contributed by atoms with Crippen LogP contribution in [0.15, 0.2) is 36.3 Å². The molecule has 0 aromatic heterocycles. The summed E-state index contributed by atoms with van der Waals surface area (Å²) in [6.45, 7) is 9.07. The molecule has 0 radical (unpaired) electrons. The highest BCUT2D eigenvalue weighted by atomic mass is 16.3. The Bertz CT molecular complexity index is 157. The fourth-order valence-corrected chi connectivity index (χ4v) is 0.296. The standard InChI is InChI=1S/C7H11NO.C2H6/c1-6(7(2)9)4-3-5-8;1-2/h3-5,9H,2,8H2,1H3;1-2H3. The van der Waals surface area contributed by atoms with Gasteiger partial charge in [-0.05, 0) is 24.8 Å². The predicted octanol–water partition coefficient (Wildman–Crippen LogP) is 2.50. The zero-order valence-corrected chi connectivity index (χ0v) is 7.46. The third-order valence-electron chi connectivity index (χ3n) is 0.913. The molecule has 0 aromatic carbocycles. The number of nitrogens with two attached hydrogens (primary N) is 1. The summed E-state index contributed by atoms with van der Waals surface area (Å²) in [7, 11) is 0. The van der Waals surface area contributed by atoms with Crippen LogP contribution < -0.4 is 5.73 Å². The van der Waals surface area contributed by atoms with Gasteiger partial charge >= 0.3 is 0 Å². The Morgan fingerprint density at radius 3 is 2.18 bits per heavy atom. The van der Waals surface area contributed by atoms with E-state index in [0.717, 1.165) is 5.57 Å². The molecule has 0 aromatic rings. The molecule has 0 heterocycles. The van der Waals surface area contributed by atoms with Crippen LogP contribution in [0.1, 0.15) is 20.8 Å². The lowest BCUT2D eigenvalue weighted by Gasteiger charge is -1.92. The first-order valence-electron chi connectivity index (χ1n) is 3.62. The van der Waals surface area contributed by atoms with Gasteiger partial charge in [0.2, 0.25) is 0 Å². The van der Waals surface area contributed by atoms with E-state index in [1.54, 1.807) is 19.1 Å². The first-order valence-corrected chi connectivity index (χ1v) is 3.62. The SMILES string of the molecule is C=C(O)C(C)=CC=CN.CC. The second kappa shape index (κ2) is 8.82. The minimum absolute atomic E-state index is 0.0769. The average Bonchev–Trinajstić information content (AvgIpc) is 2.03. The minimum atomic E-state index is 0.0769. The van der Waals surface area contributed by atoms with Crippen molar-refractivity contribution in [2.45, 2.75) is 20.8 Å². The van der Waals surface area contributed by atoms with E-state index in [1.807, 2.05) is 13.8 Å². The second-order valence-electron chi connectivity index (χ2n) is 1.68. The molecule has 0 aliphatic heterocycles. The summed E-state index contributed by atoms with van der Waals surface area (Å²) >= 11 is 0. The van der Waals surface area contributed by atoms with Crippen LogP contribution in [0.2, 0.25) is 0 Å². The van der Waals surface area contributed by atoms with E-state index < -0.39 is 0 Å². The lowest BCUT2D eigenvalue weighted by atomic mass is 10.2. The molecule has 0 saturated heterocycles. The van der Waals surface area contributed by atoms with Gasteiger partial charge < -0.3 is 10.8 Å². The van der Waals surface area contributed by atoms with E-state index in [2.05, 4.69) is 6.58 Å². The van der Waals surface area contributed by atoms with Crippen molar-refractivity contribution in [1.29, 1.82) is 0 Å². The Hall–Kier alpha value is -1.18. The number of hydrogen-bond donors (Lipinski definition) is 2. The zero-order chi connectivity index (χ0) is 9.28. The molecular formula is C9H17NO. The van der Waals surface area contributed by atoms with Crippen molar-refractivity contribution in [2.24, 2.45) is 5.73 Å². The molecule has 0 aliphatic carbocycles. The highest BCUT2D eigenvalue weighted by molar-refractivity contribution is 5.23. The van der Waals surface area contributed by atoms with E-state index in [4.69, 9.17) is 10.8 Å². The van der Waals surface area contributed by atoms with Gasteiger partial charge in [0.15, 0.2) is 0 Å². The van der Waals surface area contributed by atoms with Crippen LogP contribution in [0.4, 0.5) is 0 Å². The zero-order valence-electron chi connectivity index (χ0n) is 7.46. The Labute approximate surface area is 68.7 Å². The summed E-state index contributed by atoms with van der Waals surface area (Å²) < 4.78 is 0. The highest BCUT2D eigenvalue weighted by Crippen LogP contribution is 2.00. The number of allylic oxidation sites excluding steroid dienone is 3. The van der Waals surface area contributed by atoms with Crippen molar-refractivity contribution in [3.8, 4) is 0 Å². The predicted molar refractivity (Wildman–Crippen MR) is 50.2 cm³/mol. The lowest BCUT2D eigenvalue weighted by molar-refractivity contribution is 0.426. The van der Waals surface area contributed by atoms with Gasteiger partial charge in [-0.1, -0.05) is 26.5 Å². The molecule has 0 unspecified atom stereocenters. The lowest BCUT2D eigenvalue weighted by Crippen LogP contribution is -1.79. The summed E-state index contributed by atoms with van der Waals surface area (Å²) in [4.78, 5) is 0. The Balaban J connectivity index is 0. The van der Waals surface area contributed by atoms with E-state index in [-0.39, 0.29) is 5.76 Å². The van der Waals surface area contributed by atoms with Gasteiger partial charge in [0.05, 0.1) is 0 Å². The van der Waals surface area contributed by atoms with E-state index >= 15 is 0 Å². The number of aliphatic hydroxyl groups is 1. The number of aliphatic hydroxyl groups excluding tert-OH is 1. The van der Waals surface area contributed by atoms with E-state index in [9.17, 15) is 0 Å². The Morgan fingerprint density at radius 2 is 1.91 bits per heavy atom. The second-order valence-corrected chi connectivity index (χ2v) is 1.68.